The summed E-state index contributed by atoms with van der Waals surface area (Å²) in [6.07, 6.45) is 3.98. The fourth-order valence-electron chi connectivity index (χ4n) is 4.92. The molecule has 4 aromatic rings. The number of hydrogen-bond donors (Lipinski definition) is 1. The van der Waals surface area contributed by atoms with Gasteiger partial charge in [0.05, 0.1) is 41.1 Å². The zero-order valence-electron chi connectivity index (χ0n) is 18.9. The monoisotopic (exact) mass is 469 g/mol. The van der Waals surface area contributed by atoms with E-state index in [1.807, 2.05) is 6.08 Å². The summed E-state index contributed by atoms with van der Waals surface area (Å²) in [6.45, 7) is 0. The molecule has 1 unspecified atom stereocenters. The standard InChI is InChI=1S/C28H21F2N3O2/c1-35-28(34)17-4-7-23-25(14-17)33-27(24-8-3-16-12-21(30)6-9-22(16)31-24)26(32-23)19-10-15-2-5-20(29)13-18(15)11-19/h2,4-7,9,11-14,24,31H,3,8,10H2,1H3. The molecule has 0 spiro atoms. The third-order valence-corrected chi connectivity index (χ3v) is 6.66. The molecule has 1 aromatic heterocycles. The normalized spacial score (nSPS) is 16.3. The Bertz CT molecular complexity index is 1550. The molecule has 2 heterocycles. The molecule has 1 aliphatic heterocycles. The van der Waals surface area contributed by atoms with Gasteiger partial charge in [0.1, 0.15) is 11.6 Å². The van der Waals surface area contributed by atoms with Gasteiger partial charge in [-0.05, 0) is 89.7 Å². The summed E-state index contributed by atoms with van der Waals surface area (Å²) in [7, 11) is 1.34. The number of allylic oxidation sites excluding steroid dienone is 1. The second-order valence-corrected chi connectivity index (χ2v) is 8.88. The smallest absolute Gasteiger partial charge is 0.337 e. The van der Waals surface area contributed by atoms with Crippen LogP contribution in [0.1, 0.15) is 50.9 Å². The van der Waals surface area contributed by atoms with Crippen molar-refractivity contribution >= 4 is 34.3 Å². The number of carbonyl (C=O) groups excluding carboxylic acids is 1. The van der Waals surface area contributed by atoms with Crippen LogP contribution in [-0.2, 0) is 17.6 Å². The minimum atomic E-state index is -0.443. The molecule has 5 nitrogen and oxygen atoms in total. The number of esters is 1. The molecule has 0 saturated heterocycles. The summed E-state index contributed by atoms with van der Waals surface area (Å²) in [5.41, 5.74) is 7.73. The number of rotatable bonds is 3. The van der Waals surface area contributed by atoms with Crippen LogP contribution >= 0.6 is 0 Å². The van der Waals surface area contributed by atoms with Crippen molar-refractivity contribution in [2.45, 2.75) is 25.3 Å². The highest BCUT2D eigenvalue weighted by Gasteiger charge is 2.28. The van der Waals surface area contributed by atoms with Crippen LogP contribution in [0, 0.1) is 11.6 Å². The topological polar surface area (TPSA) is 64.1 Å². The number of benzene rings is 3. The van der Waals surface area contributed by atoms with E-state index in [1.165, 1.54) is 25.3 Å². The van der Waals surface area contributed by atoms with Crippen molar-refractivity contribution < 1.29 is 18.3 Å². The second-order valence-electron chi connectivity index (χ2n) is 8.88. The Morgan fingerprint density at radius 2 is 1.80 bits per heavy atom. The molecule has 35 heavy (non-hydrogen) atoms. The first-order valence-corrected chi connectivity index (χ1v) is 11.4. The Morgan fingerprint density at radius 1 is 0.971 bits per heavy atom. The van der Waals surface area contributed by atoms with Gasteiger partial charge in [0.25, 0.3) is 0 Å². The van der Waals surface area contributed by atoms with Gasteiger partial charge >= 0.3 is 5.97 Å². The van der Waals surface area contributed by atoms with Crippen molar-refractivity contribution in [1.29, 1.82) is 0 Å². The highest BCUT2D eigenvalue weighted by molar-refractivity contribution is 5.94. The Kier molecular flexibility index (Phi) is 5.06. The molecule has 0 amide bonds. The zero-order chi connectivity index (χ0) is 24.1. The number of carbonyl (C=O) groups is 1. The number of aromatic nitrogens is 2. The average molecular weight is 469 g/mol. The molecule has 0 bridgehead atoms. The van der Waals surface area contributed by atoms with Crippen molar-refractivity contribution in [1.82, 2.24) is 9.97 Å². The largest absolute Gasteiger partial charge is 0.465 e. The average Bonchev–Trinajstić information content (AvgIpc) is 3.29. The van der Waals surface area contributed by atoms with E-state index in [9.17, 15) is 13.6 Å². The van der Waals surface area contributed by atoms with Crippen molar-refractivity contribution in [3.8, 4) is 0 Å². The fraction of sp³-hybridized carbons (Fsp3) is 0.179. The van der Waals surface area contributed by atoms with Crippen LogP contribution in [0.25, 0.3) is 22.7 Å². The van der Waals surface area contributed by atoms with Gasteiger partial charge in [-0.1, -0.05) is 6.07 Å². The maximum Gasteiger partial charge on any atom is 0.337 e. The van der Waals surface area contributed by atoms with Gasteiger partial charge < -0.3 is 10.1 Å². The number of fused-ring (bicyclic) bond motifs is 3. The number of nitrogens with zero attached hydrogens (tertiary/aromatic N) is 2. The Morgan fingerprint density at radius 3 is 2.66 bits per heavy atom. The summed E-state index contributed by atoms with van der Waals surface area (Å²) in [4.78, 5) is 22.0. The van der Waals surface area contributed by atoms with Gasteiger partial charge in [-0.25, -0.2) is 23.5 Å². The predicted octanol–water partition coefficient (Wildman–Crippen LogP) is 5.89. The molecular formula is C28H21F2N3O2. The highest BCUT2D eigenvalue weighted by Crippen LogP contribution is 2.39. The number of methoxy groups -OCH3 is 1. The minimum Gasteiger partial charge on any atom is -0.465 e. The molecule has 1 N–H and O–H groups in total. The summed E-state index contributed by atoms with van der Waals surface area (Å²) in [6, 6.07) is 14.5. The zero-order valence-corrected chi connectivity index (χ0v) is 18.9. The second kappa shape index (κ2) is 8.27. The Balaban J connectivity index is 1.48. The van der Waals surface area contributed by atoms with Gasteiger partial charge in [0.2, 0.25) is 0 Å². The third-order valence-electron chi connectivity index (χ3n) is 6.66. The first kappa shape index (κ1) is 21.4. The van der Waals surface area contributed by atoms with Crippen molar-refractivity contribution in [2.75, 3.05) is 12.4 Å². The van der Waals surface area contributed by atoms with E-state index < -0.39 is 5.97 Å². The molecule has 1 aliphatic carbocycles. The van der Waals surface area contributed by atoms with E-state index in [-0.39, 0.29) is 17.7 Å². The molecule has 0 saturated carbocycles. The molecule has 2 aliphatic rings. The van der Waals surface area contributed by atoms with E-state index in [0.29, 0.717) is 35.9 Å². The SMILES string of the molecule is COC(=O)c1ccc2nc(C3=Cc4cc(F)ccc4C3)c(C3CCc4cc(F)ccc4N3)nc2c1. The van der Waals surface area contributed by atoms with Crippen LogP contribution in [0.15, 0.2) is 54.6 Å². The van der Waals surface area contributed by atoms with E-state index in [1.54, 1.807) is 36.4 Å². The molecule has 6 rings (SSSR count). The lowest BCUT2D eigenvalue weighted by Gasteiger charge is -2.28. The molecular weight excluding hydrogens is 448 g/mol. The van der Waals surface area contributed by atoms with Gasteiger partial charge in [-0.15, -0.1) is 0 Å². The summed E-state index contributed by atoms with van der Waals surface area (Å²) in [5, 5.41) is 3.50. The lowest BCUT2D eigenvalue weighted by atomic mass is 9.93. The number of ether oxygens (including phenoxy) is 1. The molecule has 174 valence electrons. The maximum absolute atomic E-state index is 13.8. The Labute approximate surface area is 200 Å². The van der Waals surface area contributed by atoms with Crippen LogP contribution in [0.4, 0.5) is 14.5 Å². The van der Waals surface area contributed by atoms with Crippen LogP contribution in [0.2, 0.25) is 0 Å². The number of aryl methyl sites for hydroxylation is 1. The van der Waals surface area contributed by atoms with Crippen molar-refractivity contribution in [2.24, 2.45) is 0 Å². The van der Waals surface area contributed by atoms with Crippen molar-refractivity contribution in [3.05, 3.63) is 99.9 Å². The van der Waals surface area contributed by atoms with Gasteiger partial charge in [0.15, 0.2) is 0 Å². The van der Waals surface area contributed by atoms with E-state index in [4.69, 9.17) is 14.7 Å². The molecule has 0 fully saturated rings. The van der Waals surface area contributed by atoms with Gasteiger partial charge in [0, 0.05) is 12.1 Å². The summed E-state index contributed by atoms with van der Waals surface area (Å²) < 4.78 is 32.4. The molecule has 3 aromatic carbocycles. The highest BCUT2D eigenvalue weighted by atomic mass is 19.1. The van der Waals surface area contributed by atoms with Crippen molar-refractivity contribution in [3.63, 3.8) is 0 Å². The fourth-order valence-corrected chi connectivity index (χ4v) is 4.92. The number of hydrogen-bond acceptors (Lipinski definition) is 5. The third kappa shape index (κ3) is 3.83. The van der Waals surface area contributed by atoms with E-state index in [0.717, 1.165) is 39.3 Å². The Hall–Kier alpha value is -4.13. The minimum absolute atomic E-state index is 0.164. The van der Waals surface area contributed by atoms with E-state index in [2.05, 4.69) is 5.32 Å². The summed E-state index contributed by atoms with van der Waals surface area (Å²) >= 11 is 0. The molecule has 0 radical (unpaired) electrons. The molecule has 7 heteroatoms. The van der Waals surface area contributed by atoms with Gasteiger partial charge in [-0.3, -0.25) is 0 Å². The van der Waals surface area contributed by atoms with E-state index >= 15 is 0 Å². The number of halogens is 2. The summed E-state index contributed by atoms with van der Waals surface area (Å²) in [5.74, 6) is -0.979. The first-order valence-electron chi connectivity index (χ1n) is 11.4. The van der Waals surface area contributed by atoms with Gasteiger partial charge in [-0.2, -0.15) is 0 Å². The lowest BCUT2D eigenvalue weighted by Crippen LogP contribution is -2.21. The quantitative estimate of drug-likeness (QED) is 0.379. The van der Waals surface area contributed by atoms with Crippen LogP contribution in [0.5, 0.6) is 0 Å². The first-order chi connectivity index (χ1) is 17.0. The van der Waals surface area contributed by atoms with Crippen LogP contribution in [0.3, 0.4) is 0 Å². The lowest BCUT2D eigenvalue weighted by molar-refractivity contribution is 0.0601. The predicted molar refractivity (Wildman–Crippen MR) is 130 cm³/mol. The van der Waals surface area contributed by atoms with Crippen LogP contribution < -0.4 is 5.32 Å². The number of anilines is 1. The molecule has 1 atom stereocenters. The van der Waals surface area contributed by atoms with Crippen LogP contribution in [-0.4, -0.2) is 23.0 Å². The number of nitrogens with one attached hydrogen (secondary N) is 1. The maximum atomic E-state index is 13.8.